The van der Waals surface area contributed by atoms with Crippen LogP contribution in [0.25, 0.3) is 0 Å². The number of aryl methyl sites for hydroxylation is 3. The van der Waals surface area contributed by atoms with E-state index in [1.165, 1.54) is 43.2 Å². The van der Waals surface area contributed by atoms with Crippen LogP contribution in [0.2, 0.25) is 0 Å². The number of para-hydroxylation sites is 1. The average Bonchev–Trinajstić information content (AvgIpc) is 3.32. The molecule has 5 rings (SSSR count). The van der Waals surface area contributed by atoms with Crippen LogP contribution in [0.4, 0.5) is 0 Å². The van der Waals surface area contributed by atoms with Gasteiger partial charge in [-0.15, -0.1) is 0 Å². The van der Waals surface area contributed by atoms with Crippen molar-refractivity contribution in [3.05, 3.63) is 88.5 Å². The number of carbonyl (C=O) groups excluding carboxylic acids is 1. The van der Waals surface area contributed by atoms with E-state index in [1.807, 2.05) is 38.1 Å². The molecule has 1 aliphatic heterocycles. The maximum atomic E-state index is 14.0. The Labute approximate surface area is 307 Å². The maximum Gasteiger partial charge on any atom is 0.179 e. The molecule has 5 atom stereocenters. The van der Waals surface area contributed by atoms with Gasteiger partial charge in [0, 0.05) is 18.3 Å². The lowest BCUT2D eigenvalue weighted by molar-refractivity contribution is -0.124. The molecule has 0 bridgehead atoms. The van der Waals surface area contributed by atoms with Gasteiger partial charge in [0.25, 0.3) is 0 Å². The lowest BCUT2D eigenvalue weighted by atomic mass is 9.62. The van der Waals surface area contributed by atoms with Crippen molar-refractivity contribution in [2.45, 2.75) is 115 Å². The fourth-order valence-electron chi connectivity index (χ4n) is 9.21. The summed E-state index contributed by atoms with van der Waals surface area (Å²) in [5.74, 6) is 2.25. The van der Waals surface area contributed by atoms with Crippen molar-refractivity contribution < 1.29 is 27.4 Å². The summed E-state index contributed by atoms with van der Waals surface area (Å²) in [4.78, 5) is 13.7. The van der Waals surface area contributed by atoms with Gasteiger partial charge in [0.05, 0.1) is 31.0 Å². The molecule has 3 aromatic carbocycles. The Balaban J connectivity index is 1.25. The van der Waals surface area contributed by atoms with Gasteiger partial charge in [0.2, 0.25) is 0 Å². The predicted octanol–water partition coefficient (Wildman–Crippen LogP) is 9.90. The molecule has 3 aromatic rings. The molecular formula is C44H60O6S. The fourth-order valence-corrected chi connectivity index (χ4v) is 11.4. The highest BCUT2D eigenvalue weighted by molar-refractivity contribution is 7.91. The van der Waals surface area contributed by atoms with Crippen LogP contribution in [-0.4, -0.2) is 46.9 Å². The summed E-state index contributed by atoms with van der Waals surface area (Å²) in [6.45, 7) is 11.1. The van der Waals surface area contributed by atoms with Gasteiger partial charge in [-0.05, 0) is 111 Å². The molecule has 2 aliphatic rings. The summed E-state index contributed by atoms with van der Waals surface area (Å²) in [5.41, 5.74) is 5.04. The first-order valence-corrected chi connectivity index (χ1v) is 20.9. The van der Waals surface area contributed by atoms with Crippen LogP contribution in [0, 0.1) is 38.5 Å². The Morgan fingerprint density at radius 3 is 2.43 bits per heavy atom. The van der Waals surface area contributed by atoms with Gasteiger partial charge in [-0.2, -0.15) is 0 Å². The zero-order valence-electron chi connectivity index (χ0n) is 31.8. The van der Waals surface area contributed by atoms with Crippen LogP contribution < -0.4 is 9.47 Å². The van der Waals surface area contributed by atoms with Gasteiger partial charge in [-0.3, -0.25) is 4.79 Å². The monoisotopic (exact) mass is 716 g/mol. The number of sulfone groups is 1. The molecule has 1 heterocycles. The fraction of sp³-hybridized carbons (Fsp3) is 0.568. The second-order valence-electron chi connectivity index (χ2n) is 15.6. The number of ether oxygens (including phenoxy) is 3. The van der Waals surface area contributed by atoms with Crippen molar-refractivity contribution in [1.29, 1.82) is 0 Å². The lowest BCUT2D eigenvalue weighted by Gasteiger charge is -2.42. The number of benzene rings is 3. The zero-order chi connectivity index (χ0) is 36.6. The standard InChI is InChI=1S/C44H60O6S/c1-7-22-44(37-16-11-14-32(3)24-37,36-15-10-13-31(2)20-21-36)23-12-17-38(45)29-49-27-35-28-50-42-19-9-8-18-40(42)41(35)30-51(46,47)43-33(4)25-39(48-6)26-34(43)5/h8-9,11,14,16,18-19,24-26,31,35-36,41H,7,10,12-13,15,17,20-23,27-30H2,1-6H3. The number of methoxy groups -OCH3 is 1. The summed E-state index contributed by atoms with van der Waals surface area (Å²) >= 11 is 0. The van der Waals surface area contributed by atoms with Gasteiger partial charge in [-0.1, -0.05) is 87.6 Å². The average molecular weight is 717 g/mol. The maximum absolute atomic E-state index is 14.0. The Morgan fingerprint density at radius 1 is 0.941 bits per heavy atom. The minimum absolute atomic E-state index is 0.0283. The van der Waals surface area contributed by atoms with E-state index < -0.39 is 9.84 Å². The number of rotatable bonds is 16. The van der Waals surface area contributed by atoms with E-state index in [4.69, 9.17) is 14.2 Å². The number of carbonyl (C=O) groups is 1. The third kappa shape index (κ3) is 9.45. The molecule has 0 N–H and O–H groups in total. The normalized spacial score (nSPS) is 21.9. The van der Waals surface area contributed by atoms with Gasteiger partial charge in [-0.25, -0.2) is 8.42 Å². The van der Waals surface area contributed by atoms with E-state index >= 15 is 0 Å². The van der Waals surface area contributed by atoms with Crippen molar-refractivity contribution in [3.8, 4) is 11.5 Å². The smallest absolute Gasteiger partial charge is 0.179 e. The minimum Gasteiger partial charge on any atom is -0.497 e. The molecule has 51 heavy (non-hydrogen) atoms. The van der Waals surface area contributed by atoms with Crippen molar-refractivity contribution in [2.75, 3.05) is 32.7 Å². The molecule has 0 radical (unpaired) electrons. The highest BCUT2D eigenvalue weighted by atomic mass is 32.2. The van der Waals surface area contributed by atoms with Crippen molar-refractivity contribution in [1.82, 2.24) is 0 Å². The number of hydrogen-bond donors (Lipinski definition) is 0. The molecule has 7 heteroatoms. The molecule has 278 valence electrons. The Morgan fingerprint density at radius 2 is 1.71 bits per heavy atom. The Bertz CT molecular complexity index is 1710. The second-order valence-corrected chi connectivity index (χ2v) is 17.6. The van der Waals surface area contributed by atoms with Crippen molar-refractivity contribution in [3.63, 3.8) is 0 Å². The summed E-state index contributed by atoms with van der Waals surface area (Å²) in [6, 6.07) is 20.3. The van der Waals surface area contributed by atoms with Crippen LogP contribution >= 0.6 is 0 Å². The highest BCUT2D eigenvalue weighted by Crippen LogP contribution is 2.48. The summed E-state index contributed by atoms with van der Waals surface area (Å²) in [7, 11) is -2.08. The highest BCUT2D eigenvalue weighted by Gasteiger charge is 2.40. The predicted molar refractivity (Wildman–Crippen MR) is 206 cm³/mol. The number of Topliss-reactive ketones (excluding diaryl/α,β-unsaturated/α-hetero) is 1. The quantitative estimate of drug-likeness (QED) is 0.137. The topological polar surface area (TPSA) is 78.9 Å². The third-order valence-corrected chi connectivity index (χ3v) is 13.8. The molecule has 5 unspecified atom stereocenters. The van der Waals surface area contributed by atoms with E-state index in [2.05, 4.69) is 45.0 Å². The van der Waals surface area contributed by atoms with E-state index in [9.17, 15) is 13.2 Å². The molecule has 1 fully saturated rings. The molecule has 0 saturated heterocycles. The zero-order valence-corrected chi connectivity index (χ0v) is 32.7. The molecular weight excluding hydrogens is 657 g/mol. The van der Waals surface area contributed by atoms with E-state index in [0.717, 1.165) is 37.2 Å². The summed E-state index contributed by atoms with van der Waals surface area (Å²) in [5, 5.41) is 0. The summed E-state index contributed by atoms with van der Waals surface area (Å²) < 4.78 is 45.6. The first-order chi connectivity index (χ1) is 24.5. The largest absolute Gasteiger partial charge is 0.497 e. The minimum atomic E-state index is -3.67. The second kappa shape index (κ2) is 17.6. The van der Waals surface area contributed by atoms with Gasteiger partial charge < -0.3 is 14.2 Å². The summed E-state index contributed by atoms with van der Waals surface area (Å²) in [6.07, 6.45) is 11.0. The van der Waals surface area contributed by atoms with Crippen LogP contribution in [0.1, 0.15) is 112 Å². The Kier molecular flexibility index (Phi) is 13.5. The van der Waals surface area contributed by atoms with Gasteiger partial charge >= 0.3 is 0 Å². The van der Waals surface area contributed by atoms with E-state index in [-0.39, 0.29) is 42.0 Å². The number of hydrogen-bond acceptors (Lipinski definition) is 6. The van der Waals surface area contributed by atoms with Gasteiger partial charge in [0.15, 0.2) is 15.6 Å². The SMILES string of the molecule is CCCC(CCCC(=O)COCC1COc2ccccc2C1CS(=O)(=O)c1c(C)cc(OC)cc1C)(c1cccc(C)c1)C1CCCC(C)CC1. The van der Waals surface area contributed by atoms with Crippen LogP contribution in [0.15, 0.2) is 65.6 Å². The molecule has 6 nitrogen and oxygen atoms in total. The molecule has 0 amide bonds. The van der Waals surface area contributed by atoms with E-state index in [1.54, 1.807) is 19.2 Å². The third-order valence-electron chi connectivity index (χ3n) is 11.7. The lowest BCUT2D eigenvalue weighted by Crippen LogP contribution is -2.36. The molecule has 0 spiro atoms. The molecule has 0 aromatic heterocycles. The van der Waals surface area contributed by atoms with Crippen molar-refractivity contribution >= 4 is 15.6 Å². The first kappa shape index (κ1) is 39.1. The number of fused-ring (bicyclic) bond motifs is 1. The van der Waals surface area contributed by atoms with E-state index in [0.29, 0.717) is 46.5 Å². The van der Waals surface area contributed by atoms with Crippen LogP contribution in [-0.2, 0) is 24.8 Å². The van der Waals surface area contributed by atoms with Crippen LogP contribution in [0.5, 0.6) is 11.5 Å². The van der Waals surface area contributed by atoms with Crippen LogP contribution in [0.3, 0.4) is 0 Å². The Hall–Kier alpha value is -3.16. The number of ketones is 1. The van der Waals surface area contributed by atoms with Gasteiger partial charge in [0.1, 0.15) is 18.1 Å². The van der Waals surface area contributed by atoms with Crippen molar-refractivity contribution in [2.24, 2.45) is 17.8 Å². The first-order valence-electron chi connectivity index (χ1n) is 19.2. The molecule has 1 aliphatic carbocycles. The molecule has 1 saturated carbocycles.